The van der Waals surface area contributed by atoms with Crippen molar-refractivity contribution in [2.75, 3.05) is 23.7 Å². The summed E-state index contributed by atoms with van der Waals surface area (Å²) >= 11 is 0. The van der Waals surface area contributed by atoms with Gasteiger partial charge in [-0.1, -0.05) is 12.1 Å². The maximum atomic E-state index is 11.0. The fourth-order valence-corrected chi connectivity index (χ4v) is 2.58. The van der Waals surface area contributed by atoms with Crippen LogP contribution in [0.5, 0.6) is 0 Å². The minimum atomic E-state index is -0.720. The average molecular weight is 272 g/mol. The first-order valence-corrected chi connectivity index (χ1v) is 6.65. The van der Waals surface area contributed by atoms with Gasteiger partial charge < -0.3 is 15.7 Å². The van der Waals surface area contributed by atoms with Crippen LogP contribution in [0.25, 0.3) is 11.0 Å². The number of carboxylic acid groups (broad SMARTS) is 1. The molecule has 1 aromatic heterocycles. The van der Waals surface area contributed by atoms with Crippen LogP contribution in [0.1, 0.15) is 12.8 Å². The molecule has 0 radical (unpaired) electrons. The normalized spacial score (nSPS) is 16.5. The number of carbonyl (C=O) groups is 1. The predicted molar refractivity (Wildman–Crippen MR) is 76.5 cm³/mol. The molecule has 1 saturated heterocycles. The molecule has 0 unspecified atom stereocenters. The maximum Gasteiger partial charge on any atom is 0.306 e. The van der Waals surface area contributed by atoms with Gasteiger partial charge in [-0.25, -0.2) is 9.97 Å². The van der Waals surface area contributed by atoms with Crippen molar-refractivity contribution in [2.45, 2.75) is 12.8 Å². The summed E-state index contributed by atoms with van der Waals surface area (Å²) in [6.45, 7) is 1.29. The van der Waals surface area contributed by atoms with E-state index in [1.165, 1.54) is 0 Å². The number of para-hydroxylation sites is 2. The molecule has 2 aromatic rings. The van der Waals surface area contributed by atoms with E-state index in [9.17, 15) is 4.79 Å². The molecular weight excluding hydrogens is 256 g/mol. The summed E-state index contributed by atoms with van der Waals surface area (Å²) < 4.78 is 0. The van der Waals surface area contributed by atoms with Gasteiger partial charge in [-0.3, -0.25) is 4.79 Å². The molecule has 0 bridgehead atoms. The molecule has 3 N–H and O–H groups in total. The van der Waals surface area contributed by atoms with E-state index in [2.05, 4.69) is 9.97 Å². The molecule has 0 spiro atoms. The van der Waals surface area contributed by atoms with Crippen LogP contribution >= 0.6 is 0 Å². The van der Waals surface area contributed by atoms with E-state index in [1.54, 1.807) is 0 Å². The molecule has 2 heterocycles. The van der Waals surface area contributed by atoms with E-state index in [0.717, 1.165) is 11.0 Å². The van der Waals surface area contributed by atoms with Crippen molar-refractivity contribution < 1.29 is 9.90 Å². The summed E-state index contributed by atoms with van der Waals surface area (Å²) in [6.07, 6.45) is 1.23. The van der Waals surface area contributed by atoms with Gasteiger partial charge in [0, 0.05) is 13.1 Å². The minimum Gasteiger partial charge on any atom is -0.481 e. The van der Waals surface area contributed by atoms with Gasteiger partial charge in [0.1, 0.15) is 0 Å². The number of anilines is 2. The van der Waals surface area contributed by atoms with Gasteiger partial charge in [0.15, 0.2) is 11.6 Å². The number of piperidine rings is 1. The third-order valence-electron chi connectivity index (χ3n) is 3.72. The molecule has 1 fully saturated rings. The quantitative estimate of drug-likeness (QED) is 0.861. The zero-order chi connectivity index (χ0) is 14.1. The van der Waals surface area contributed by atoms with Crippen LogP contribution in [0.2, 0.25) is 0 Å². The van der Waals surface area contributed by atoms with Crippen molar-refractivity contribution in [3.8, 4) is 0 Å². The lowest BCUT2D eigenvalue weighted by atomic mass is 9.97. The van der Waals surface area contributed by atoms with E-state index < -0.39 is 5.97 Å². The molecule has 1 aliphatic heterocycles. The standard InChI is InChI=1S/C14H16N4O2/c15-12-13(17-11-4-2-1-3-10(11)16-12)18-7-5-9(6-8-18)14(19)20/h1-4,9H,5-8H2,(H2,15,16)(H,19,20). The zero-order valence-electron chi connectivity index (χ0n) is 11.0. The van der Waals surface area contributed by atoms with Crippen LogP contribution in [0.15, 0.2) is 24.3 Å². The molecule has 0 saturated carbocycles. The minimum absolute atomic E-state index is 0.263. The van der Waals surface area contributed by atoms with Crippen LogP contribution in [-0.2, 0) is 4.79 Å². The zero-order valence-corrected chi connectivity index (χ0v) is 11.0. The van der Waals surface area contributed by atoms with Crippen LogP contribution in [0.3, 0.4) is 0 Å². The fourth-order valence-electron chi connectivity index (χ4n) is 2.58. The topological polar surface area (TPSA) is 92.3 Å². The molecule has 20 heavy (non-hydrogen) atoms. The van der Waals surface area contributed by atoms with Crippen molar-refractivity contribution in [1.82, 2.24) is 9.97 Å². The molecule has 1 aliphatic rings. The third kappa shape index (κ3) is 2.24. The van der Waals surface area contributed by atoms with Gasteiger partial charge in [0.25, 0.3) is 0 Å². The summed E-state index contributed by atoms with van der Waals surface area (Å²) in [6, 6.07) is 7.58. The number of aliphatic carboxylic acids is 1. The highest BCUT2D eigenvalue weighted by Gasteiger charge is 2.26. The number of benzene rings is 1. The molecule has 6 heteroatoms. The lowest BCUT2D eigenvalue weighted by Gasteiger charge is -2.31. The van der Waals surface area contributed by atoms with Crippen LogP contribution in [0.4, 0.5) is 11.6 Å². The van der Waals surface area contributed by atoms with Gasteiger partial charge in [-0.15, -0.1) is 0 Å². The van der Waals surface area contributed by atoms with Crippen LogP contribution in [0, 0.1) is 5.92 Å². The van der Waals surface area contributed by atoms with Crippen molar-refractivity contribution >= 4 is 28.6 Å². The lowest BCUT2D eigenvalue weighted by Crippen LogP contribution is -2.37. The SMILES string of the molecule is Nc1nc2ccccc2nc1N1CCC(C(=O)O)CC1. The summed E-state index contributed by atoms with van der Waals surface area (Å²) in [4.78, 5) is 21.9. The fraction of sp³-hybridized carbons (Fsp3) is 0.357. The number of aromatic nitrogens is 2. The van der Waals surface area contributed by atoms with Crippen molar-refractivity contribution in [3.05, 3.63) is 24.3 Å². The number of hydrogen-bond donors (Lipinski definition) is 2. The largest absolute Gasteiger partial charge is 0.481 e. The number of hydrogen-bond acceptors (Lipinski definition) is 5. The monoisotopic (exact) mass is 272 g/mol. The molecular formula is C14H16N4O2. The average Bonchev–Trinajstić information content (AvgIpc) is 2.46. The number of nitrogens with zero attached hydrogens (tertiary/aromatic N) is 3. The second-order valence-corrected chi connectivity index (χ2v) is 5.02. The second-order valence-electron chi connectivity index (χ2n) is 5.02. The highest BCUT2D eigenvalue weighted by Crippen LogP contribution is 2.27. The van der Waals surface area contributed by atoms with E-state index in [1.807, 2.05) is 29.2 Å². The van der Waals surface area contributed by atoms with Crippen molar-refractivity contribution in [3.63, 3.8) is 0 Å². The van der Waals surface area contributed by atoms with Crippen LogP contribution in [-0.4, -0.2) is 34.1 Å². The molecule has 0 atom stereocenters. The van der Waals surface area contributed by atoms with E-state index >= 15 is 0 Å². The molecule has 0 aliphatic carbocycles. The highest BCUT2D eigenvalue weighted by atomic mass is 16.4. The summed E-state index contributed by atoms with van der Waals surface area (Å²) in [5.41, 5.74) is 7.56. The first-order valence-electron chi connectivity index (χ1n) is 6.65. The Kier molecular flexibility index (Phi) is 3.14. The Hall–Kier alpha value is -2.37. The third-order valence-corrected chi connectivity index (χ3v) is 3.72. The van der Waals surface area contributed by atoms with Crippen molar-refractivity contribution in [1.29, 1.82) is 0 Å². The summed E-state index contributed by atoms with van der Waals surface area (Å²) in [7, 11) is 0. The Labute approximate surface area is 116 Å². The van der Waals surface area contributed by atoms with Gasteiger partial charge in [0.2, 0.25) is 0 Å². The van der Waals surface area contributed by atoms with Crippen LogP contribution < -0.4 is 10.6 Å². The summed E-state index contributed by atoms with van der Waals surface area (Å²) in [5, 5.41) is 9.02. The molecule has 1 aromatic carbocycles. The smallest absolute Gasteiger partial charge is 0.306 e. The van der Waals surface area contributed by atoms with Gasteiger partial charge in [-0.2, -0.15) is 0 Å². The molecule has 3 rings (SSSR count). The number of fused-ring (bicyclic) bond motifs is 1. The number of rotatable bonds is 2. The maximum absolute atomic E-state index is 11.0. The van der Waals surface area contributed by atoms with E-state index in [4.69, 9.17) is 10.8 Å². The Bertz CT molecular complexity index is 651. The number of carboxylic acids is 1. The predicted octanol–water partition coefficient (Wildman–Crippen LogP) is 1.51. The van der Waals surface area contributed by atoms with E-state index in [0.29, 0.717) is 37.6 Å². The lowest BCUT2D eigenvalue weighted by molar-refractivity contribution is -0.142. The second kappa shape index (κ2) is 4.96. The Morgan fingerprint density at radius 2 is 1.80 bits per heavy atom. The van der Waals surface area contributed by atoms with Gasteiger partial charge >= 0.3 is 5.97 Å². The number of nitrogens with two attached hydrogens (primary N) is 1. The molecule has 0 amide bonds. The summed E-state index contributed by atoms with van der Waals surface area (Å²) in [5.74, 6) is 0.0770. The number of nitrogen functional groups attached to an aromatic ring is 1. The van der Waals surface area contributed by atoms with Gasteiger partial charge in [0.05, 0.1) is 17.0 Å². The Morgan fingerprint density at radius 3 is 2.40 bits per heavy atom. The Balaban J connectivity index is 1.87. The molecule has 6 nitrogen and oxygen atoms in total. The first kappa shape index (κ1) is 12.7. The molecule has 104 valence electrons. The van der Waals surface area contributed by atoms with Gasteiger partial charge in [-0.05, 0) is 25.0 Å². The van der Waals surface area contributed by atoms with E-state index in [-0.39, 0.29) is 5.92 Å². The highest BCUT2D eigenvalue weighted by molar-refractivity contribution is 5.80. The van der Waals surface area contributed by atoms with Crippen molar-refractivity contribution in [2.24, 2.45) is 5.92 Å². The first-order chi connectivity index (χ1) is 9.65. The Morgan fingerprint density at radius 1 is 1.20 bits per heavy atom.